The first-order valence-corrected chi connectivity index (χ1v) is 5.65. The third-order valence-corrected chi connectivity index (χ3v) is 4.64. The van der Waals surface area contributed by atoms with E-state index in [1.807, 2.05) is 6.92 Å². The lowest BCUT2D eigenvalue weighted by molar-refractivity contribution is 0.248. The summed E-state index contributed by atoms with van der Waals surface area (Å²) in [5.41, 5.74) is 0. The van der Waals surface area contributed by atoms with E-state index in [-0.39, 0.29) is 6.04 Å². The van der Waals surface area contributed by atoms with Gasteiger partial charge in [0.25, 0.3) is 0 Å². The minimum atomic E-state index is -3.14. The van der Waals surface area contributed by atoms with Crippen LogP contribution in [0.15, 0.2) is 10.2 Å². The Balaban J connectivity index is 2.93. The van der Waals surface area contributed by atoms with Crippen LogP contribution in [0.2, 0.25) is 0 Å². The molecule has 1 rings (SSSR count). The maximum Gasteiger partial charge on any atom is 0.359 e. The molecule has 5 nitrogen and oxygen atoms in total. The fourth-order valence-electron chi connectivity index (χ4n) is 1.50. The minimum absolute atomic E-state index is 0.0867. The summed E-state index contributed by atoms with van der Waals surface area (Å²) in [6, 6.07) is 0.0867. The maximum absolute atomic E-state index is 12.0. The molecule has 0 amide bonds. The van der Waals surface area contributed by atoms with Gasteiger partial charge < -0.3 is 9.05 Å². The van der Waals surface area contributed by atoms with Crippen molar-refractivity contribution < 1.29 is 13.6 Å². The van der Waals surface area contributed by atoms with Gasteiger partial charge in [0.2, 0.25) is 0 Å². The van der Waals surface area contributed by atoms with Crippen molar-refractivity contribution in [2.75, 3.05) is 14.2 Å². The average Bonchev–Trinajstić information content (AvgIpc) is 2.46. The van der Waals surface area contributed by atoms with Crippen LogP contribution in [-0.4, -0.2) is 25.5 Å². The molecule has 0 saturated carbocycles. The van der Waals surface area contributed by atoms with Gasteiger partial charge in [-0.3, -0.25) is 4.57 Å². The molecule has 0 bridgehead atoms. The highest BCUT2D eigenvalue weighted by Crippen LogP contribution is 2.63. The fraction of sp³-hybridized carbons (Fsp3) is 1.00. The predicted molar refractivity (Wildman–Crippen MR) is 49.0 cm³/mol. The molecule has 0 N–H and O–H groups in total. The standard InChI is InChI=1S/C7H15N2O3P/c1-6-5-7(2,9-8-6)13(10,11-3)12-4/h6H,5H2,1-4H3/t6-,7-/m0/s1. The third kappa shape index (κ3) is 1.68. The molecule has 0 spiro atoms. The van der Waals surface area contributed by atoms with Crippen molar-refractivity contribution in [3.63, 3.8) is 0 Å². The molecule has 76 valence electrons. The van der Waals surface area contributed by atoms with Crippen LogP contribution in [0.5, 0.6) is 0 Å². The molecule has 6 heteroatoms. The SMILES string of the molecule is COP(=O)(OC)[C@@]1(C)C[C@H](C)N=N1. The Morgan fingerprint density at radius 2 is 2.00 bits per heavy atom. The zero-order valence-electron chi connectivity index (χ0n) is 8.35. The molecule has 0 aromatic rings. The normalized spacial score (nSPS) is 34.0. The van der Waals surface area contributed by atoms with Crippen molar-refractivity contribution in [3.8, 4) is 0 Å². The molecule has 0 fully saturated rings. The van der Waals surface area contributed by atoms with Gasteiger partial charge in [0.1, 0.15) is 0 Å². The topological polar surface area (TPSA) is 60.2 Å². The van der Waals surface area contributed by atoms with Gasteiger partial charge in [-0.2, -0.15) is 10.2 Å². The van der Waals surface area contributed by atoms with E-state index < -0.39 is 12.9 Å². The summed E-state index contributed by atoms with van der Waals surface area (Å²) in [7, 11) is -0.400. The second-order valence-corrected chi connectivity index (χ2v) is 6.04. The van der Waals surface area contributed by atoms with Crippen molar-refractivity contribution in [2.24, 2.45) is 10.2 Å². The van der Waals surface area contributed by atoms with E-state index in [0.29, 0.717) is 6.42 Å². The van der Waals surface area contributed by atoms with Gasteiger partial charge in [0.15, 0.2) is 5.28 Å². The Hall–Kier alpha value is -0.250. The van der Waals surface area contributed by atoms with E-state index in [1.54, 1.807) is 6.92 Å². The lowest BCUT2D eigenvalue weighted by atomic mass is 10.2. The van der Waals surface area contributed by atoms with Crippen LogP contribution in [-0.2, 0) is 13.6 Å². The van der Waals surface area contributed by atoms with Crippen molar-refractivity contribution in [3.05, 3.63) is 0 Å². The summed E-state index contributed by atoms with van der Waals surface area (Å²) in [5.74, 6) is 0. The molecule has 0 saturated heterocycles. The molecule has 0 radical (unpaired) electrons. The Bertz CT molecular complexity index is 260. The highest BCUT2D eigenvalue weighted by atomic mass is 31.2. The van der Waals surface area contributed by atoms with Crippen LogP contribution in [0.25, 0.3) is 0 Å². The van der Waals surface area contributed by atoms with E-state index in [0.717, 1.165) is 0 Å². The summed E-state index contributed by atoms with van der Waals surface area (Å²) in [5, 5.41) is 7.11. The van der Waals surface area contributed by atoms with Crippen LogP contribution in [0.4, 0.5) is 0 Å². The van der Waals surface area contributed by atoms with Crippen molar-refractivity contribution >= 4 is 7.60 Å². The summed E-state index contributed by atoms with van der Waals surface area (Å²) < 4.78 is 21.8. The number of hydrogen-bond donors (Lipinski definition) is 0. The van der Waals surface area contributed by atoms with Crippen LogP contribution in [0.1, 0.15) is 20.3 Å². The average molecular weight is 206 g/mol. The smallest absolute Gasteiger partial charge is 0.310 e. The van der Waals surface area contributed by atoms with E-state index in [9.17, 15) is 4.57 Å². The number of hydrogen-bond acceptors (Lipinski definition) is 5. The number of nitrogens with zero attached hydrogens (tertiary/aromatic N) is 2. The highest BCUT2D eigenvalue weighted by molar-refractivity contribution is 7.55. The molecule has 13 heavy (non-hydrogen) atoms. The highest BCUT2D eigenvalue weighted by Gasteiger charge is 2.50. The number of rotatable bonds is 3. The van der Waals surface area contributed by atoms with Gasteiger partial charge in [-0.1, -0.05) is 0 Å². The van der Waals surface area contributed by atoms with Gasteiger partial charge in [0.05, 0.1) is 6.04 Å². The van der Waals surface area contributed by atoms with Crippen molar-refractivity contribution in [2.45, 2.75) is 31.6 Å². The molecule has 1 aliphatic rings. The minimum Gasteiger partial charge on any atom is -0.310 e. The Labute approximate surface area is 78.1 Å². The van der Waals surface area contributed by atoms with Crippen molar-refractivity contribution in [1.82, 2.24) is 0 Å². The fourth-order valence-corrected chi connectivity index (χ4v) is 3.08. The summed E-state index contributed by atoms with van der Waals surface area (Å²) in [4.78, 5) is 0. The molecule has 1 aliphatic heterocycles. The summed E-state index contributed by atoms with van der Waals surface area (Å²) in [6.07, 6.45) is 0.603. The Kier molecular flexibility index (Phi) is 2.90. The Morgan fingerprint density at radius 1 is 1.46 bits per heavy atom. The monoisotopic (exact) mass is 206 g/mol. The molecule has 0 aromatic carbocycles. The third-order valence-electron chi connectivity index (χ3n) is 2.22. The molecular weight excluding hydrogens is 191 g/mol. The van der Waals surface area contributed by atoms with Crippen molar-refractivity contribution in [1.29, 1.82) is 0 Å². The first kappa shape index (κ1) is 10.8. The second-order valence-electron chi connectivity index (χ2n) is 3.35. The summed E-state index contributed by atoms with van der Waals surface area (Å²) >= 11 is 0. The molecule has 2 atom stereocenters. The van der Waals surface area contributed by atoms with Gasteiger partial charge in [0, 0.05) is 20.6 Å². The van der Waals surface area contributed by atoms with E-state index in [2.05, 4.69) is 10.2 Å². The molecule has 0 aliphatic carbocycles. The predicted octanol–water partition coefficient (Wildman–Crippen LogP) is 2.43. The zero-order chi connectivity index (χ0) is 10.1. The van der Waals surface area contributed by atoms with E-state index in [4.69, 9.17) is 9.05 Å². The second kappa shape index (κ2) is 3.48. The van der Waals surface area contributed by atoms with Gasteiger partial charge in [-0.05, 0) is 13.8 Å². The van der Waals surface area contributed by atoms with E-state index in [1.165, 1.54) is 14.2 Å². The molecule has 0 aromatic heterocycles. The lowest BCUT2D eigenvalue weighted by Crippen LogP contribution is -2.22. The van der Waals surface area contributed by atoms with Gasteiger partial charge in [-0.25, -0.2) is 0 Å². The maximum atomic E-state index is 12.0. The Morgan fingerprint density at radius 3 is 2.31 bits per heavy atom. The largest absolute Gasteiger partial charge is 0.359 e. The van der Waals surface area contributed by atoms with Gasteiger partial charge in [-0.15, -0.1) is 0 Å². The summed E-state index contributed by atoms with van der Waals surface area (Å²) in [6.45, 7) is 3.66. The molecule has 1 heterocycles. The van der Waals surface area contributed by atoms with Crippen LogP contribution in [0, 0.1) is 0 Å². The quantitative estimate of drug-likeness (QED) is 0.666. The number of azo groups is 1. The van der Waals surface area contributed by atoms with Crippen LogP contribution >= 0.6 is 7.60 Å². The lowest BCUT2D eigenvalue weighted by Gasteiger charge is -2.26. The van der Waals surface area contributed by atoms with E-state index >= 15 is 0 Å². The first-order chi connectivity index (χ1) is 5.97. The van der Waals surface area contributed by atoms with Gasteiger partial charge >= 0.3 is 7.60 Å². The zero-order valence-corrected chi connectivity index (χ0v) is 9.25. The molecular formula is C7H15N2O3P. The molecule has 0 unspecified atom stereocenters. The first-order valence-electron chi connectivity index (χ1n) is 4.11. The van der Waals surface area contributed by atoms with Crippen LogP contribution in [0.3, 0.4) is 0 Å². The van der Waals surface area contributed by atoms with Crippen LogP contribution < -0.4 is 0 Å².